The highest BCUT2D eigenvalue weighted by Gasteiger charge is 2.10. The first-order valence-corrected chi connectivity index (χ1v) is 8.82. The summed E-state index contributed by atoms with van der Waals surface area (Å²) in [5.41, 5.74) is 2.59. The molecule has 0 aliphatic carbocycles. The van der Waals surface area contributed by atoms with Gasteiger partial charge in [-0.2, -0.15) is 5.10 Å². The van der Waals surface area contributed by atoms with Crippen molar-refractivity contribution in [3.8, 4) is 17.0 Å². The molecule has 5 nitrogen and oxygen atoms in total. The predicted molar refractivity (Wildman–Crippen MR) is 105 cm³/mol. The van der Waals surface area contributed by atoms with Crippen LogP contribution in [-0.2, 0) is 11.2 Å². The number of rotatable bonds is 6. The lowest BCUT2D eigenvalue weighted by atomic mass is 10.2. The smallest absolute Gasteiger partial charge is 0.224 e. The Kier molecular flexibility index (Phi) is 4.83. The van der Waals surface area contributed by atoms with Crippen molar-refractivity contribution in [2.24, 2.45) is 0 Å². The molecule has 0 unspecified atom stereocenters. The Morgan fingerprint density at radius 1 is 0.963 bits per heavy atom. The third-order valence-electron chi connectivity index (χ3n) is 4.25. The molecular weight excluding hydrogens is 338 g/mol. The minimum absolute atomic E-state index is 0.0627. The van der Waals surface area contributed by atoms with Gasteiger partial charge in [-0.3, -0.25) is 4.79 Å². The van der Waals surface area contributed by atoms with Gasteiger partial charge < -0.3 is 9.73 Å². The van der Waals surface area contributed by atoms with Crippen LogP contribution < -0.4 is 5.32 Å². The standard InChI is InChI=1S/C22H19N3O2/c26-22(24-19-9-4-5-10-20(19)25-16-6-15-23-25)14-12-18-11-13-21(27-18)17-7-2-1-3-8-17/h1-11,13,15-16H,12,14H2,(H,24,26). The summed E-state index contributed by atoms with van der Waals surface area (Å²) in [6, 6.07) is 23.2. The number of carbonyl (C=O) groups is 1. The number of nitrogens with one attached hydrogen (secondary N) is 1. The normalized spacial score (nSPS) is 10.7. The molecule has 0 atom stereocenters. The van der Waals surface area contributed by atoms with E-state index in [4.69, 9.17) is 4.42 Å². The van der Waals surface area contributed by atoms with Crippen molar-refractivity contribution in [3.63, 3.8) is 0 Å². The topological polar surface area (TPSA) is 60.1 Å². The van der Waals surface area contributed by atoms with Crippen LogP contribution in [0.25, 0.3) is 17.0 Å². The molecule has 0 saturated heterocycles. The van der Waals surface area contributed by atoms with Gasteiger partial charge in [-0.05, 0) is 30.3 Å². The highest BCUT2D eigenvalue weighted by Crippen LogP contribution is 2.23. The van der Waals surface area contributed by atoms with Crippen LogP contribution in [0.15, 0.2) is 89.6 Å². The molecular formula is C22H19N3O2. The number of aryl methyl sites for hydroxylation is 1. The van der Waals surface area contributed by atoms with Crippen LogP contribution in [0, 0.1) is 0 Å². The molecule has 0 radical (unpaired) electrons. The van der Waals surface area contributed by atoms with E-state index in [0.717, 1.165) is 28.5 Å². The van der Waals surface area contributed by atoms with Gasteiger partial charge in [0.2, 0.25) is 5.91 Å². The number of furan rings is 1. The van der Waals surface area contributed by atoms with Gasteiger partial charge in [0.15, 0.2) is 0 Å². The first-order valence-electron chi connectivity index (χ1n) is 8.82. The molecule has 1 amide bonds. The van der Waals surface area contributed by atoms with E-state index in [-0.39, 0.29) is 5.91 Å². The fourth-order valence-corrected chi connectivity index (χ4v) is 2.91. The first kappa shape index (κ1) is 16.8. The number of carbonyl (C=O) groups excluding carboxylic acids is 1. The van der Waals surface area contributed by atoms with E-state index in [1.165, 1.54) is 0 Å². The number of benzene rings is 2. The van der Waals surface area contributed by atoms with Crippen LogP contribution in [0.5, 0.6) is 0 Å². The molecule has 4 aromatic rings. The van der Waals surface area contributed by atoms with E-state index >= 15 is 0 Å². The Hall–Kier alpha value is -3.60. The highest BCUT2D eigenvalue weighted by atomic mass is 16.3. The largest absolute Gasteiger partial charge is 0.461 e. The second kappa shape index (κ2) is 7.74. The van der Waals surface area contributed by atoms with Crippen LogP contribution in [0.4, 0.5) is 5.69 Å². The molecule has 4 rings (SSSR count). The molecule has 1 N–H and O–H groups in total. The fraction of sp³-hybridized carbons (Fsp3) is 0.0909. The van der Waals surface area contributed by atoms with E-state index in [0.29, 0.717) is 12.8 Å². The third-order valence-corrected chi connectivity index (χ3v) is 4.25. The predicted octanol–water partition coefficient (Wildman–Crippen LogP) is 4.70. The van der Waals surface area contributed by atoms with Crippen molar-refractivity contribution in [2.75, 3.05) is 5.32 Å². The summed E-state index contributed by atoms with van der Waals surface area (Å²) in [5, 5.41) is 7.20. The molecule has 134 valence electrons. The Labute approximate surface area is 157 Å². The lowest BCUT2D eigenvalue weighted by Gasteiger charge is -2.10. The Morgan fingerprint density at radius 3 is 2.59 bits per heavy atom. The molecule has 2 aromatic heterocycles. The van der Waals surface area contributed by atoms with E-state index in [2.05, 4.69) is 10.4 Å². The van der Waals surface area contributed by atoms with Gasteiger partial charge in [-0.25, -0.2) is 4.68 Å². The maximum absolute atomic E-state index is 12.4. The zero-order valence-corrected chi connectivity index (χ0v) is 14.7. The van der Waals surface area contributed by atoms with Crippen molar-refractivity contribution in [1.82, 2.24) is 9.78 Å². The maximum Gasteiger partial charge on any atom is 0.224 e. The summed E-state index contributed by atoms with van der Waals surface area (Å²) in [7, 11) is 0. The van der Waals surface area contributed by atoms with Gasteiger partial charge in [0.05, 0.1) is 11.4 Å². The Bertz CT molecular complexity index is 1020. The Balaban J connectivity index is 1.39. The summed E-state index contributed by atoms with van der Waals surface area (Å²) >= 11 is 0. The van der Waals surface area contributed by atoms with Crippen LogP contribution in [0.1, 0.15) is 12.2 Å². The SMILES string of the molecule is O=C(CCc1ccc(-c2ccccc2)o1)Nc1ccccc1-n1cccn1. The quantitative estimate of drug-likeness (QED) is 0.544. The van der Waals surface area contributed by atoms with E-state index < -0.39 is 0 Å². The minimum atomic E-state index is -0.0627. The number of hydrogen-bond acceptors (Lipinski definition) is 3. The van der Waals surface area contributed by atoms with E-state index in [9.17, 15) is 4.79 Å². The third kappa shape index (κ3) is 3.98. The van der Waals surface area contributed by atoms with Crippen LogP contribution in [0.3, 0.4) is 0 Å². The van der Waals surface area contributed by atoms with E-state index in [1.54, 1.807) is 10.9 Å². The van der Waals surface area contributed by atoms with Crippen LogP contribution in [-0.4, -0.2) is 15.7 Å². The number of aromatic nitrogens is 2. The molecule has 0 saturated carbocycles. The number of amides is 1. The molecule has 0 aliphatic heterocycles. The molecule has 5 heteroatoms. The van der Waals surface area contributed by atoms with Crippen molar-refractivity contribution in [2.45, 2.75) is 12.8 Å². The van der Waals surface area contributed by atoms with Gasteiger partial charge >= 0.3 is 0 Å². The zero-order chi connectivity index (χ0) is 18.5. The lowest BCUT2D eigenvalue weighted by molar-refractivity contribution is -0.116. The van der Waals surface area contributed by atoms with Crippen LogP contribution >= 0.6 is 0 Å². The average molecular weight is 357 g/mol. The summed E-state index contributed by atoms with van der Waals surface area (Å²) in [4.78, 5) is 12.4. The second-order valence-electron chi connectivity index (χ2n) is 6.15. The van der Waals surface area contributed by atoms with Gasteiger partial charge in [0.1, 0.15) is 11.5 Å². The first-order chi connectivity index (χ1) is 13.3. The Morgan fingerprint density at radius 2 is 1.78 bits per heavy atom. The average Bonchev–Trinajstić information content (AvgIpc) is 3.40. The number of anilines is 1. The van der Waals surface area contributed by atoms with Gasteiger partial charge in [-0.15, -0.1) is 0 Å². The molecule has 0 spiro atoms. The van der Waals surface area contributed by atoms with E-state index in [1.807, 2.05) is 79.0 Å². The zero-order valence-electron chi connectivity index (χ0n) is 14.7. The molecule has 27 heavy (non-hydrogen) atoms. The summed E-state index contributed by atoms with van der Waals surface area (Å²) in [6.07, 6.45) is 4.44. The maximum atomic E-state index is 12.4. The molecule has 2 heterocycles. The molecule has 0 aliphatic rings. The number of hydrogen-bond donors (Lipinski definition) is 1. The van der Waals surface area contributed by atoms with Gasteiger partial charge in [-0.1, -0.05) is 42.5 Å². The number of para-hydroxylation sites is 2. The molecule has 2 aromatic carbocycles. The summed E-state index contributed by atoms with van der Waals surface area (Å²) < 4.78 is 7.59. The van der Waals surface area contributed by atoms with Gasteiger partial charge in [0.25, 0.3) is 0 Å². The van der Waals surface area contributed by atoms with Gasteiger partial charge in [0, 0.05) is 30.8 Å². The van der Waals surface area contributed by atoms with Crippen molar-refractivity contribution < 1.29 is 9.21 Å². The molecule has 0 fully saturated rings. The van der Waals surface area contributed by atoms with Crippen LogP contribution in [0.2, 0.25) is 0 Å². The molecule has 0 bridgehead atoms. The fourth-order valence-electron chi connectivity index (χ4n) is 2.91. The monoisotopic (exact) mass is 357 g/mol. The van der Waals surface area contributed by atoms with Crippen molar-refractivity contribution >= 4 is 11.6 Å². The second-order valence-corrected chi connectivity index (χ2v) is 6.15. The summed E-state index contributed by atoms with van der Waals surface area (Å²) in [6.45, 7) is 0. The number of nitrogens with zero attached hydrogens (tertiary/aromatic N) is 2. The van der Waals surface area contributed by atoms with Crippen molar-refractivity contribution in [1.29, 1.82) is 0 Å². The minimum Gasteiger partial charge on any atom is -0.461 e. The summed E-state index contributed by atoms with van der Waals surface area (Å²) in [5.74, 6) is 1.55. The highest BCUT2D eigenvalue weighted by molar-refractivity contribution is 5.92. The van der Waals surface area contributed by atoms with Crippen molar-refractivity contribution in [3.05, 3.63) is 91.0 Å². The lowest BCUT2D eigenvalue weighted by Crippen LogP contribution is -2.14.